The minimum absolute atomic E-state index is 0.0949. The molecule has 0 aliphatic rings. The number of benzene rings is 2. The Balaban J connectivity index is 1.82. The zero-order valence-corrected chi connectivity index (χ0v) is 14.8. The van der Waals surface area contributed by atoms with Crippen molar-refractivity contribution in [2.45, 2.75) is 6.18 Å². The number of methoxy groups -OCH3 is 1. The number of nitrogens with one attached hydrogen (secondary N) is 2. The average molecular weight is 395 g/mol. The predicted molar refractivity (Wildman–Crippen MR) is 98.0 cm³/mol. The molecule has 2 aromatic carbocycles. The number of nitrogens with zero attached hydrogens (tertiary/aromatic N) is 2. The molecule has 140 valence electrons. The van der Waals surface area contributed by atoms with E-state index in [2.05, 4.69) is 20.6 Å². The van der Waals surface area contributed by atoms with Crippen LogP contribution in [0.15, 0.2) is 54.7 Å². The van der Waals surface area contributed by atoms with E-state index in [1.165, 1.54) is 18.3 Å². The number of ether oxygens (including phenoxy) is 1. The van der Waals surface area contributed by atoms with Crippen LogP contribution < -0.4 is 15.4 Å². The van der Waals surface area contributed by atoms with Crippen molar-refractivity contribution in [2.24, 2.45) is 0 Å². The van der Waals surface area contributed by atoms with Gasteiger partial charge in [0.1, 0.15) is 11.6 Å². The predicted octanol–water partition coefficient (Wildman–Crippen LogP) is 5.64. The van der Waals surface area contributed by atoms with Crippen LogP contribution in [-0.4, -0.2) is 17.1 Å². The highest BCUT2D eigenvalue weighted by molar-refractivity contribution is 6.33. The monoisotopic (exact) mass is 394 g/mol. The molecule has 5 nitrogen and oxygen atoms in total. The Morgan fingerprint density at radius 3 is 2.59 bits per heavy atom. The molecule has 0 aliphatic carbocycles. The summed E-state index contributed by atoms with van der Waals surface area (Å²) in [4.78, 5) is 8.33. The van der Waals surface area contributed by atoms with Crippen LogP contribution in [0.5, 0.6) is 5.75 Å². The van der Waals surface area contributed by atoms with Crippen LogP contribution >= 0.6 is 11.6 Å². The molecule has 0 amide bonds. The highest BCUT2D eigenvalue weighted by Crippen LogP contribution is 2.34. The molecular formula is C18H14ClF3N4O. The van der Waals surface area contributed by atoms with Gasteiger partial charge in [-0.1, -0.05) is 17.7 Å². The summed E-state index contributed by atoms with van der Waals surface area (Å²) >= 11 is 6.00. The quantitative estimate of drug-likeness (QED) is 0.586. The molecule has 2 N–H and O–H groups in total. The highest BCUT2D eigenvalue weighted by atomic mass is 35.5. The first-order valence-corrected chi connectivity index (χ1v) is 8.11. The fourth-order valence-electron chi connectivity index (χ4n) is 2.25. The maximum atomic E-state index is 12.9. The van der Waals surface area contributed by atoms with Crippen molar-refractivity contribution in [3.05, 3.63) is 65.3 Å². The summed E-state index contributed by atoms with van der Waals surface area (Å²) < 4.78 is 43.8. The van der Waals surface area contributed by atoms with Crippen LogP contribution in [-0.2, 0) is 6.18 Å². The van der Waals surface area contributed by atoms with Gasteiger partial charge in [-0.2, -0.15) is 18.2 Å². The molecule has 27 heavy (non-hydrogen) atoms. The summed E-state index contributed by atoms with van der Waals surface area (Å²) in [6.07, 6.45) is -2.99. The van der Waals surface area contributed by atoms with Gasteiger partial charge in [-0.05, 0) is 36.4 Å². The summed E-state index contributed by atoms with van der Waals surface area (Å²) in [5, 5.41) is 5.93. The van der Waals surface area contributed by atoms with E-state index in [1.807, 2.05) is 0 Å². The molecule has 3 aromatic rings. The van der Waals surface area contributed by atoms with Crippen LogP contribution in [0.4, 0.5) is 36.3 Å². The third-order valence-electron chi connectivity index (χ3n) is 3.54. The largest absolute Gasteiger partial charge is 0.497 e. The van der Waals surface area contributed by atoms with E-state index < -0.39 is 11.7 Å². The molecule has 0 atom stereocenters. The summed E-state index contributed by atoms with van der Waals surface area (Å²) in [6, 6.07) is 11.7. The normalized spacial score (nSPS) is 11.1. The fourth-order valence-corrected chi connectivity index (χ4v) is 2.42. The summed E-state index contributed by atoms with van der Waals surface area (Å²) in [6.45, 7) is 0. The minimum atomic E-state index is -4.47. The Morgan fingerprint density at radius 2 is 1.85 bits per heavy atom. The first-order chi connectivity index (χ1) is 12.8. The van der Waals surface area contributed by atoms with Gasteiger partial charge >= 0.3 is 6.18 Å². The van der Waals surface area contributed by atoms with E-state index >= 15 is 0 Å². The second kappa shape index (κ2) is 7.71. The number of anilines is 4. The second-order valence-electron chi connectivity index (χ2n) is 5.44. The Kier molecular flexibility index (Phi) is 5.36. The van der Waals surface area contributed by atoms with Gasteiger partial charge in [0.15, 0.2) is 0 Å². The molecule has 1 heterocycles. The molecule has 0 radical (unpaired) electrons. The molecule has 0 saturated heterocycles. The van der Waals surface area contributed by atoms with Gasteiger partial charge in [-0.25, -0.2) is 4.98 Å². The van der Waals surface area contributed by atoms with Crippen molar-refractivity contribution in [3.8, 4) is 5.75 Å². The first-order valence-electron chi connectivity index (χ1n) is 7.73. The fraction of sp³-hybridized carbons (Fsp3) is 0.111. The lowest BCUT2D eigenvalue weighted by Gasteiger charge is -2.13. The van der Waals surface area contributed by atoms with E-state index in [9.17, 15) is 13.2 Å². The van der Waals surface area contributed by atoms with Gasteiger partial charge in [-0.3, -0.25) is 0 Å². The molecule has 0 fully saturated rings. The van der Waals surface area contributed by atoms with Gasteiger partial charge in [0.25, 0.3) is 0 Å². The first kappa shape index (κ1) is 18.8. The number of aromatic nitrogens is 2. The van der Waals surface area contributed by atoms with Crippen molar-refractivity contribution in [2.75, 3.05) is 17.7 Å². The molecule has 0 bridgehead atoms. The van der Waals surface area contributed by atoms with Crippen molar-refractivity contribution in [3.63, 3.8) is 0 Å². The average Bonchev–Trinajstić information content (AvgIpc) is 2.63. The van der Waals surface area contributed by atoms with Crippen LogP contribution in [0.1, 0.15) is 5.56 Å². The number of hydrogen-bond donors (Lipinski definition) is 2. The Labute approximate surface area is 158 Å². The van der Waals surface area contributed by atoms with Crippen LogP contribution in [0, 0.1) is 0 Å². The van der Waals surface area contributed by atoms with Gasteiger partial charge in [0.05, 0.1) is 23.4 Å². The molecule has 0 spiro atoms. The summed E-state index contributed by atoms with van der Waals surface area (Å²) in [5.41, 5.74) is -0.0145. The molecule has 0 aliphatic heterocycles. The molecule has 1 aromatic heterocycles. The van der Waals surface area contributed by atoms with E-state index in [1.54, 1.807) is 31.4 Å². The van der Waals surface area contributed by atoms with Crippen LogP contribution in [0.3, 0.4) is 0 Å². The topological polar surface area (TPSA) is 59.1 Å². The third-order valence-corrected chi connectivity index (χ3v) is 3.87. The smallest absolute Gasteiger partial charge is 0.416 e. The van der Waals surface area contributed by atoms with Crippen molar-refractivity contribution >= 4 is 34.7 Å². The van der Waals surface area contributed by atoms with E-state index in [0.717, 1.165) is 12.1 Å². The number of hydrogen-bond acceptors (Lipinski definition) is 5. The zero-order chi connectivity index (χ0) is 19.4. The van der Waals surface area contributed by atoms with Crippen LogP contribution in [0.25, 0.3) is 0 Å². The Hall–Kier alpha value is -3.00. The minimum Gasteiger partial charge on any atom is -0.497 e. The van der Waals surface area contributed by atoms with E-state index in [0.29, 0.717) is 11.4 Å². The standard InChI is InChI=1S/C18H14ClF3N4O/c1-27-13-4-2-3-12(10-13)24-17-23-8-7-16(26-17)25-15-9-11(18(20,21)22)5-6-14(15)19/h2-10H,1H3,(H2,23,24,25,26). The molecule has 0 unspecified atom stereocenters. The highest BCUT2D eigenvalue weighted by Gasteiger charge is 2.31. The maximum Gasteiger partial charge on any atom is 0.416 e. The second-order valence-corrected chi connectivity index (χ2v) is 5.85. The Bertz CT molecular complexity index is 950. The van der Waals surface area contributed by atoms with E-state index in [4.69, 9.17) is 16.3 Å². The van der Waals surface area contributed by atoms with Crippen molar-refractivity contribution < 1.29 is 17.9 Å². The lowest BCUT2D eigenvalue weighted by Crippen LogP contribution is -2.06. The number of alkyl halides is 3. The van der Waals surface area contributed by atoms with Crippen molar-refractivity contribution in [1.82, 2.24) is 9.97 Å². The lowest BCUT2D eigenvalue weighted by molar-refractivity contribution is -0.137. The van der Waals surface area contributed by atoms with Crippen LogP contribution in [0.2, 0.25) is 5.02 Å². The van der Waals surface area contributed by atoms with E-state index in [-0.39, 0.29) is 22.5 Å². The van der Waals surface area contributed by atoms with Gasteiger partial charge in [0, 0.05) is 18.0 Å². The molecular weight excluding hydrogens is 381 g/mol. The van der Waals surface area contributed by atoms with Gasteiger partial charge < -0.3 is 15.4 Å². The third kappa shape index (κ3) is 4.79. The zero-order valence-electron chi connectivity index (χ0n) is 14.0. The number of rotatable bonds is 5. The number of halogens is 4. The summed E-state index contributed by atoms with van der Waals surface area (Å²) in [5.74, 6) is 1.21. The molecule has 0 saturated carbocycles. The van der Waals surface area contributed by atoms with Crippen molar-refractivity contribution in [1.29, 1.82) is 0 Å². The molecule has 9 heteroatoms. The van der Waals surface area contributed by atoms with Gasteiger partial charge in [-0.15, -0.1) is 0 Å². The maximum absolute atomic E-state index is 12.9. The SMILES string of the molecule is COc1cccc(Nc2nccc(Nc3cc(C(F)(F)F)ccc3Cl)n2)c1. The summed E-state index contributed by atoms with van der Waals surface area (Å²) in [7, 11) is 1.55. The molecule has 3 rings (SSSR count). The van der Waals surface area contributed by atoms with Gasteiger partial charge in [0.2, 0.25) is 5.95 Å². The lowest BCUT2D eigenvalue weighted by atomic mass is 10.2. The Morgan fingerprint density at radius 1 is 1.04 bits per heavy atom.